The lowest BCUT2D eigenvalue weighted by Crippen LogP contribution is -2.32. The molecule has 1 saturated heterocycles. The van der Waals surface area contributed by atoms with Gasteiger partial charge in [-0.3, -0.25) is 4.79 Å². The average molecular weight is 370 g/mol. The van der Waals surface area contributed by atoms with Gasteiger partial charge in [-0.15, -0.1) is 22.0 Å². The van der Waals surface area contributed by atoms with Crippen LogP contribution in [0.2, 0.25) is 0 Å². The molecule has 2 aromatic rings. The molecule has 1 atom stereocenters. The summed E-state index contributed by atoms with van der Waals surface area (Å²) in [5.41, 5.74) is 0.571. The molecule has 1 amide bonds. The number of thioether (sulfide) groups is 2. The van der Waals surface area contributed by atoms with Crippen molar-refractivity contribution in [1.29, 1.82) is 0 Å². The number of carbonyl (C=O) groups is 1. The van der Waals surface area contributed by atoms with E-state index in [1.165, 1.54) is 29.2 Å². The Kier molecular flexibility index (Phi) is 5.39. The summed E-state index contributed by atoms with van der Waals surface area (Å²) in [7, 11) is 1.78. The highest BCUT2D eigenvalue weighted by atomic mass is 32.2. The Bertz CT molecular complexity index is 696. The van der Waals surface area contributed by atoms with Gasteiger partial charge in [0.2, 0.25) is 11.0 Å². The van der Waals surface area contributed by atoms with E-state index in [4.69, 9.17) is 0 Å². The van der Waals surface area contributed by atoms with Crippen LogP contribution >= 0.6 is 34.9 Å². The first-order valence-corrected chi connectivity index (χ1v) is 9.83. The van der Waals surface area contributed by atoms with E-state index in [2.05, 4.69) is 15.5 Å². The van der Waals surface area contributed by atoms with Crippen molar-refractivity contribution in [3.8, 4) is 0 Å². The molecule has 2 heterocycles. The van der Waals surface area contributed by atoms with E-state index in [1.54, 1.807) is 41.9 Å². The van der Waals surface area contributed by atoms with E-state index >= 15 is 0 Å². The van der Waals surface area contributed by atoms with Gasteiger partial charge in [0.15, 0.2) is 4.34 Å². The predicted octanol–water partition coefficient (Wildman–Crippen LogP) is 3.09. The third-order valence-electron chi connectivity index (χ3n) is 3.32. The number of nitrogens with one attached hydrogen (secondary N) is 1. The van der Waals surface area contributed by atoms with Crippen molar-refractivity contribution in [2.24, 2.45) is 0 Å². The molecule has 1 N–H and O–H groups in total. The van der Waals surface area contributed by atoms with Crippen molar-refractivity contribution < 1.29 is 9.18 Å². The van der Waals surface area contributed by atoms with Gasteiger partial charge in [0.05, 0.1) is 5.75 Å². The summed E-state index contributed by atoms with van der Waals surface area (Å²) in [5, 5.41) is 11.3. The van der Waals surface area contributed by atoms with Crippen LogP contribution in [0.15, 0.2) is 28.6 Å². The highest BCUT2D eigenvalue weighted by Gasteiger charge is 2.32. The number of halogens is 1. The van der Waals surface area contributed by atoms with Crippen LogP contribution in [0.1, 0.15) is 10.9 Å². The van der Waals surface area contributed by atoms with Gasteiger partial charge < -0.3 is 10.2 Å². The molecule has 1 aliphatic heterocycles. The normalized spacial score (nSPS) is 17.5. The molecule has 0 spiro atoms. The maximum Gasteiger partial charge on any atom is 0.234 e. The summed E-state index contributed by atoms with van der Waals surface area (Å²) < 4.78 is 14.7. The van der Waals surface area contributed by atoms with E-state index < -0.39 is 0 Å². The largest absolute Gasteiger partial charge is 0.363 e. The molecule has 1 aromatic carbocycles. The van der Waals surface area contributed by atoms with Crippen molar-refractivity contribution >= 4 is 45.9 Å². The van der Waals surface area contributed by atoms with E-state index in [1.807, 2.05) is 0 Å². The zero-order chi connectivity index (χ0) is 16.2. The van der Waals surface area contributed by atoms with Crippen LogP contribution in [0.25, 0.3) is 0 Å². The number of anilines is 1. The molecule has 0 saturated carbocycles. The Hall–Kier alpha value is -1.32. The summed E-state index contributed by atoms with van der Waals surface area (Å²) in [6.07, 6.45) is 0. The van der Waals surface area contributed by atoms with Crippen LogP contribution in [-0.2, 0) is 4.79 Å². The van der Waals surface area contributed by atoms with Gasteiger partial charge in [0.1, 0.15) is 11.2 Å². The van der Waals surface area contributed by atoms with Crippen LogP contribution in [0, 0.1) is 5.82 Å². The highest BCUT2D eigenvalue weighted by molar-refractivity contribution is 8.01. The Labute approximate surface area is 146 Å². The summed E-state index contributed by atoms with van der Waals surface area (Å²) in [6.45, 7) is 0.640. The maximum atomic E-state index is 14.0. The summed E-state index contributed by atoms with van der Waals surface area (Å²) in [5.74, 6) is 0.830. The third-order valence-corrected chi connectivity index (χ3v) is 6.62. The molecule has 0 bridgehead atoms. The summed E-state index contributed by atoms with van der Waals surface area (Å²) in [4.78, 5) is 14.2. The fourth-order valence-corrected chi connectivity index (χ4v) is 5.12. The molecule has 122 valence electrons. The van der Waals surface area contributed by atoms with Crippen molar-refractivity contribution in [2.75, 3.05) is 30.4 Å². The molecule has 5 nitrogen and oxygen atoms in total. The zero-order valence-electron chi connectivity index (χ0n) is 12.4. The number of aromatic nitrogens is 2. The second-order valence-corrected chi connectivity index (χ2v) is 8.13. The van der Waals surface area contributed by atoms with Gasteiger partial charge >= 0.3 is 0 Å². The lowest BCUT2D eigenvalue weighted by molar-refractivity contribution is -0.128. The van der Waals surface area contributed by atoms with Crippen LogP contribution < -0.4 is 5.32 Å². The molecule has 1 aromatic heterocycles. The average Bonchev–Trinajstić information content (AvgIpc) is 3.22. The minimum absolute atomic E-state index is 0.00513. The first-order chi connectivity index (χ1) is 11.2. The van der Waals surface area contributed by atoms with E-state index in [9.17, 15) is 9.18 Å². The number of hydrogen-bond acceptors (Lipinski definition) is 7. The molecular formula is C14H15FN4OS3. The van der Waals surface area contributed by atoms with Gasteiger partial charge in [-0.25, -0.2) is 4.39 Å². The quantitative estimate of drug-likeness (QED) is 0.817. The van der Waals surface area contributed by atoms with E-state index in [0.29, 0.717) is 12.1 Å². The molecule has 9 heteroatoms. The number of hydrogen-bond donors (Lipinski definition) is 1. The van der Waals surface area contributed by atoms with Gasteiger partial charge in [-0.1, -0.05) is 41.3 Å². The molecular weight excluding hydrogens is 355 g/mol. The third kappa shape index (κ3) is 3.78. The van der Waals surface area contributed by atoms with Gasteiger partial charge in [0, 0.05) is 24.9 Å². The standard InChI is InChI=1S/C14H15FN4OS3/c1-16-13-17-18-14(23-13)22-8-11(20)19-6-7-21-12(19)9-4-2-3-5-10(9)15/h2-5,12H,6-8H2,1H3,(H,16,17)/t12-/m0/s1. The van der Waals surface area contributed by atoms with Crippen molar-refractivity contribution in [1.82, 2.24) is 15.1 Å². The number of nitrogens with zero attached hydrogens (tertiary/aromatic N) is 3. The predicted molar refractivity (Wildman–Crippen MR) is 93.5 cm³/mol. The number of benzene rings is 1. The topological polar surface area (TPSA) is 58.1 Å². The molecule has 23 heavy (non-hydrogen) atoms. The number of carbonyl (C=O) groups excluding carboxylic acids is 1. The van der Waals surface area contributed by atoms with Crippen molar-refractivity contribution in [3.63, 3.8) is 0 Å². The monoisotopic (exact) mass is 370 g/mol. The fourth-order valence-electron chi connectivity index (χ4n) is 2.23. The molecule has 1 fully saturated rings. The Morgan fingerprint density at radius 1 is 1.48 bits per heavy atom. The van der Waals surface area contributed by atoms with Crippen molar-refractivity contribution in [2.45, 2.75) is 9.71 Å². The minimum Gasteiger partial charge on any atom is -0.363 e. The summed E-state index contributed by atoms with van der Waals surface area (Å²) >= 11 is 4.37. The maximum absolute atomic E-state index is 14.0. The van der Waals surface area contributed by atoms with Crippen LogP contribution in [0.4, 0.5) is 9.52 Å². The molecule has 0 unspecified atom stereocenters. The van der Waals surface area contributed by atoms with Crippen LogP contribution in [0.5, 0.6) is 0 Å². The van der Waals surface area contributed by atoms with Crippen LogP contribution in [0.3, 0.4) is 0 Å². The van der Waals surface area contributed by atoms with Gasteiger partial charge in [-0.2, -0.15) is 0 Å². The van der Waals surface area contributed by atoms with E-state index in [0.717, 1.165) is 15.2 Å². The van der Waals surface area contributed by atoms with Gasteiger partial charge in [-0.05, 0) is 6.07 Å². The lowest BCUT2D eigenvalue weighted by Gasteiger charge is -2.24. The van der Waals surface area contributed by atoms with Crippen LogP contribution in [-0.4, -0.2) is 46.1 Å². The van der Waals surface area contributed by atoms with E-state index in [-0.39, 0.29) is 22.9 Å². The Morgan fingerprint density at radius 2 is 2.30 bits per heavy atom. The Morgan fingerprint density at radius 3 is 3.04 bits per heavy atom. The molecule has 0 radical (unpaired) electrons. The smallest absolute Gasteiger partial charge is 0.234 e. The fraction of sp³-hybridized carbons (Fsp3) is 0.357. The van der Waals surface area contributed by atoms with Gasteiger partial charge in [0.25, 0.3) is 0 Å². The molecule has 1 aliphatic rings. The second-order valence-electron chi connectivity index (χ2n) is 4.74. The lowest BCUT2D eigenvalue weighted by atomic mass is 10.2. The minimum atomic E-state index is -0.264. The second kappa shape index (κ2) is 7.50. The summed E-state index contributed by atoms with van der Waals surface area (Å²) in [6, 6.07) is 6.65. The Balaban J connectivity index is 1.65. The number of amides is 1. The first-order valence-electron chi connectivity index (χ1n) is 6.98. The SMILES string of the molecule is CNc1nnc(SCC(=O)N2CCS[C@H]2c2ccccc2F)s1. The highest BCUT2D eigenvalue weighted by Crippen LogP contribution is 2.39. The first kappa shape index (κ1) is 16.5. The number of rotatable bonds is 5. The van der Waals surface area contributed by atoms with Crippen molar-refractivity contribution in [3.05, 3.63) is 35.6 Å². The molecule has 0 aliphatic carbocycles. The zero-order valence-corrected chi connectivity index (χ0v) is 14.8. The molecule has 3 rings (SSSR count).